The molecule has 0 saturated carbocycles. The summed E-state index contributed by atoms with van der Waals surface area (Å²) in [5, 5.41) is 3.09. The van der Waals surface area contributed by atoms with Crippen LogP contribution in [0.4, 0.5) is 22.4 Å². The fourth-order valence-corrected chi connectivity index (χ4v) is 2.22. The van der Waals surface area contributed by atoms with Gasteiger partial charge in [-0.05, 0) is 6.92 Å². The Kier molecular flexibility index (Phi) is 5.64. The molecule has 1 aromatic rings. The van der Waals surface area contributed by atoms with Gasteiger partial charge in [0.05, 0.1) is 5.56 Å². The summed E-state index contributed by atoms with van der Waals surface area (Å²) in [7, 11) is 0. The SMILES string of the molecule is C[C@@H]1CNCCN1C(=O)OCc1c(F)cc(OC(F)F)cc1F. The van der Waals surface area contributed by atoms with Crippen molar-refractivity contribution in [2.24, 2.45) is 0 Å². The van der Waals surface area contributed by atoms with Crippen molar-refractivity contribution in [3.8, 4) is 5.75 Å². The Labute approximate surface area is 130 Å². The molecule has 1 aromatic carbocycles. The zero-order valence-corrected chi connectivity index (χ0v) is 12.3. The largest absolute Gasteiger partial charge is 0.444 e. The fourth-order valence-electron chi connectivity index (χ4n) is 2.22. The van der Waals surface area contributed by atoms with Crippen LogP contribution < -0.4 is 10.1 Å². The Morgan fingerprint density at radius 1 is 1.39 bits per heavy atom. The van der Waals surface area contributed by atoms with Crippen molar-refractivity contribution in [1.29, 1.82) is 0 Å². The molecule has 1 aliphatic rings. The van der Waals surface area contributed by atoms with E-state index in [2.05, 4.69) is 10.1 Å². The fraction of sp³-hybridized carbons (Fsp3) is 0.500. The maximum Gasteiger partial charge on any atom is 0.410 e. The molecule has 5 nitrogen and oxygen atoms in total. The first-order valence-electron chi connectivity index (χ1n) is 6.95. The van der Waals surface area contributed by atoms with Gasteiger partial charge in [0.15, 0.2) is 0 Å². The second-order valence-electron chi connectivity index (χ2n) is 5.05. The summed E-state index contributed by atoms with van der Waals surface area (Å²) < 4.78 is 60.4. The van der Waals surface area contributed by atoms with Crippen molar-refractivity contribution in [1.82, 2.24) is 10.2 Å². The van der Waals surface area contributed by atoms with Crippen LogP contribution >= 0.6 is 0 Å². The molecule has 1 N–H and O–H groups in total. The van der Waals surface area contributed by atoms with Crippen LogP contribution in [0.5, 0.6) is 5.75 Å². The van der Waals surface area contributed by atoms with Gasteiger partial charge < -0.3 is 19.7 Å². The summed E-state index contributed by atoms with van der Waals surface area (Å²) in [6.07, 6.45) is -0.689. The predicted molar refractivity (Wildman–Crippen MR) is 72.2 cm³/mol. The maximum absolute atomic E-state index is 13.8. The van der Waals surface area contributed by atoms with Gasteiger partial charge in [0.25, 0.3) is 0 Å². The standard InChI is InChI=1S/C14H16F4N2O3/c1-8-6-19-2-3-20(8)14(21)22-7-10-11(15)4-9(5-12(10)16)23-13(17)18/h4-5,8,13,19H,2-3,6-7H2,1H3/t8-/m1/s1. The number of rotatable bonds is 4. The number of alkyl halides is 2. The normalized spacial score (nSPS) is 18.2. The van der Waals surface area contributed by atoms with Gasteiger partial charge in [-0.15, -0.1) is 0 Å². The molecule has 0 spiro atoms. The minimum atomic E-state index is -3.19. The van der Waals surface area contributed by atoms with Crippen molar-refractivity contribution in [2.75, 3.05) is 19.6 Å². The average molecular weight is 336 g/mol. The number of amides is 1. The minimum absolute atomic E-state index is 0.104. The number of ether oxygens (including phenoxy) is 2. The molecule has 128 valence electrons. The lowest BCUT2D eigenvalue weighted by Crippen LogP contribution is -2.52. The van der Waals surface area contributed by atoms with E-state index in [9.17, 15) is 22.4 Å². The number of nitrogens with one attached hydrogen (secondary N) is 1. The lowest BCUT2D eigenvalue weighted by Gasteiger charge is -2.33. The van der Waals surface area contributed by atoms with Gasteiger partial charge in [-0.25, -0.2) is 13.6 Å². The summed E-state index contributed by atoms with van der Waals surface area (Å²) in [5.41, 5.74) is -0.525. The molecule has 1 heterocycles. The number of hydrogen-bond donors (Lipinski definition) is 1. The summed E-state index contributed by atoms with van der Waals surface area (Å²) in [5.74, 6) is -2.88. The lowest BCUT2D eigenvalue weighted by molar-refractivity contribution is -0.0501. The van der Waals surface area contributed by atoms with E-state index >= 15 is 0 Å². The highest BCUT2D eigenvalue weighted by Gasteiger charge is 2.25. The summed E-state index contributed by atoms with van der Waals surface area (Å²) in [4.78, 5) is 13.4. The summed E-state index contributed by atoms with van der Waals surface area (Å²) in [6.45, 7) is -0.398. The number of hydrogen-bond acceptors (Lipinski definition) is 4. The quantitative estimate of drug-likeness (QED) is 0.859. The van der Waals surface area contributed by atoms with E-state index in [-0.39, 0.29) is 6.04 Å². The van der Waals surface area contributed by atoms with Crippen molar-refractivity contribution in [3.05, 3.63) is 29.3 Å². The van der Waals surface area contributed by atoms with E-state index in [1.807, 2.05) is 6.92 Å². The van der Waals surface area contributed by atoms with Crippen LogP contribution in [0.3, 0.4) is 0 Å². The lowest BCUT2D eigenvalue weighted by atomic mass is 10.2. The molecule has 1 fully saturated rings. The molecule has 0 aliphatic carbocycles. The first-order valence-corrected chi connectivity index (χ1v) is 6.95. The molecule has 0 radical (unpaired) electrons. The monoisotopic (exact) mass is 336 g/mol. The van der Waals surface area contributed by atoms with E-state index in [1.165, 1.54) is 4.90 Å². The molecule has 1 aliphatic heterocycles. The number of benzene rings is 1. The molecule has 0 bridgehead atoms. The summed E-state index contributed by atoms with van der Waals surface area (Å²) in [6, 6.07) is 1.13. The average Bonchev–Trinajstić information content (AvgIpc) is 2.45. The van der Waals surface area contributed by atoms with Gasteiger partial charge in [-0.3, -0.25) is 0 Å². The molecule has 0 aromatic heterocycles. The van der Waals surface area contributed by atoms with Crippen LogP contribution in [0, 0.1) is 11.6 Å². The van der Waals surface area contributed by atoms with E-state index in [1.54, 1.807) is 0 Å². The maximum atomic E-state index is 13.8. The molecule has 9 heteroatoms. The van der Waals surface area contributed by atoms with Gasteiger partial charge in [0.1, 0.15) is 24.0 Å². The highest BCUT2D eigenvalue weighted by molar-refractivity contribution is 5.68. The Balaban J connectivity index is 2.01. The number of carbonyl (C=O) groups is 1. The highest BCUT2D eigenvalue weighted by Crippen LogP contribution is 2.23. The molecule has 2 rings (SSSR count). The first-order chi connectivity index (χ1) is 10.9. The van der Waals surface area contributed by atoms with Crippen LogP contribution in [0.25, 0.3) is 0 Å². The smallest absolute Gasteiger partial charge is 0.410 e. The van der Waals surface area contributed by atoms with E-state index < -0.39 is 42.3 Å². The molecule has 23 heavy (non-hydrogen) atoms. The molecule has 1 amide bonds. The third-order valence-electron chi connectivity index (χ3n) is 3.42. The molecular weight excluding hydrogens is 320 g/mol. The summed E-state index contributed by atoms with van der Waals surface area (Å²) >= 11 is 0. The molecule has 0 unspecified atom stereocenters. The number of piperazine rings is 1. The Bertz CT molecular complexity index is 548. The van der Waals surface area contributed by atoms with Crippen LogP contribution in [-0.2, 0) is 11.3 Å². The van der Waals surface area contributed by atoms with Crippen molar-refractivity contribution < 1.29 is 31.8 Å². The first kappa shape index (κ1) is 17.3. The Morgan fingerprint density at radius 2 is 2.04 bits per heavy atom. The minimum Gasteiger partial charge on any atom is -0.444 e. The second kappa shape index (κ2) is 7.49. The van der Waals surface area contributed by atoms with Crippen LogP contribution in [-0.4, -0.2) is 43.3 Å². The molecular formula is C14H16F4N2O3. The van der Waals surface area contributed by atoms with E-state index in [4.69, 9.17) is 4.74 Å². The number of halogens is 4. The second-order valence-corrected chi connectivity index (χ2v) is 5.05. The van der Waals surface area contributed by atoms with Crippen molar-refractivity contribution >= 4 is 6.09 Å². The van der Waals surface area contributed by atoms with Gasteiger partial charge in [-0.2, -0.15) is 8.78 Å². The third kappa shape index (κ3) is 4.47. The topological polar surface area (TPSA) is 50.8 Å². The van der Waals surface area contributed by atoms with Crippen LogP contribution in [0.2, 0.25) is 0 Å². The number of carbonyl (C=O) groups excluding carboxylic acids is 1. The van der Waals surface area contributed by atoms with Crippen molar-refractivity contribution in [3.63, 3.8) is 0 Å². The van der Waals surface area contributed by atoms with Gasteiger partial charge in [-0.1, -0.05) is 0 Å². The van der Waals surface area contributed by atoms with E-state index in [0.717, 1.165) is 0 Å². The predicted octanol–water partition coefficient (Wildman–Crippen LogP) is 2.50. The Hall–Kier alpha value is -2.03. The molecule has 1 atom stereocenters. The van der Waals surface area contributed by atoms with Gasteiger partial charge in [0.2, 0.25) is 0 Å². The van der Waals surface area contributed by atoms with Gasteiger partial charge in [0, 0.05) is 37.8 Å². The highest BCUT2D eigenvalue weighted by atomic mass is 19.3. The van der Waals surface area contributed by atoms with Crippen LogP contribution in [0.15, 0.2) is 12.1 Å². The number of nitrogens with zero attached hydrogens (tertiary/aromatic N) is 1. The van der Waals surface area contributed by atoms with Crippen LogP contribution in [0.1, 0.15) is 12.5 Å². The molecule has 1 saturated heterocycles. The van der Waals surface area contributed by atoms with Gasteiger partial charge >= 0.3 is 12.7 Å². The van der Waals surface area contributed by atoms with E-state index in [0.29, 0.717) is 31.8 Å². The third-order valence-corrected chi connectivity index (χ3v) is 3.42. The zero-order valence-electron chi connectivity index (χ0n) is 12.3. The zero-order chi connectivity index (χ0) is 17.0. The Morgan fingerprint density at radius 3 is 2.61 bits per heavy atom. The van der Waals surface area contributed by atoms with Crippen molar-refractivity contribution in [2.45, 2.75) is 26.2 Å².